The molecule has 4 heteroatoms. The van der Waals surface area contributed by atoms with Crippen molar-refractivity contribution >= 4 is 10.9 Å². The highest BCUT2D eigenvalue weighted by molar-refractivity contribution is 5.81. The molecule has 0 saturated carbocycles. The zero-order valence-electron chi connectivity index (χ0n) is 16.0. The molecule has 3 aliphatic heterocycles. The molecule has 4 heterocycles. The lowest BCUT2D eigenvalue weighted by Gasteiger charge is -2.53. The maximum absolute atomic E-state index is 6.57. The van der Waals surface area contributed by atoms with E-state index in [0.29, 0.717) is 11.3 Å². The van der Waals surface area contributed by atoms with E-state index < -0.39 is 0 Å². The van der Waals surface area contributed by atoms with Gasteiger partial charge in [0, 0.05) is 16.9 Å². The van der Waals surface area contributed by atoms with E-state index in [9.17, 15) is 0 Å². The molecule has 1 N–H and O–H groups in total. The SMILES string of the molecule is Cc1ccc2nc3c(cc2c1)[C@@H]1OCC2(CCNCC2)C[C@H]1C(C)(C)O3. The molecule has 5 rings (SSSR count). The van der Waals surface area contributed by atoms with Crippen molar-refractivity contribution in [3.05, 3.63) is 35.4 Å². The fraction of sp³-hybridized carbons (Fsp3) is 0.591. The Morgan fingerprint density at radius 3 is 2.77 bits per heavy atom. The molecular formula is C22H28N2O2. The molecule has 0 bridgehead atoms. The molecule has 2 aromatic rings. The Kier molecular flexibility index (Phi) is 3.60. The monoisotopic (exact) mass is 352 g/mol. The molecule has 0 unspecified atom stereocenters. The summed E-state index contributed by atoms with van der Waals surface area (Å²) in [5.41, 5.74) is 3.43. The number of fused-ring (bicyclic) bond motifs is 4. The molecule has 0 radical (unpaired) electrons. The number of hydrogen-bond acceptors (Lipinski definition) is 4. The minimum Gasteiger partial charge on any atom is -0.471 e. The number of nitrogens with zero attached hydrogens (tertiary/aromatic N) is 1. The molecule has 1 aromatic carbocycles. The molecule has 2 atom stereocenters. The lowest BCUT2D eigenvalue weighted by Crippen LogP contribution is -2.54. The van der Waals surface area contributed by atoms with Crippen molar-refractivity contribution in [2.45, 2.75) is 51.7 Å². The average Bonchev–Trinajstić information content (AvgIpc) is 2.61. The zero-order chi connectivity index (χ0) is 17.9. The van der Waals surface area contributed by atoms with Crippen molar-refractivity contribution in [3.8, 4) is 5.88 Å². The first-order valence-electron chi connectivity index (χ1n) is 9.89. The Morgan fingerprint density at radius 1 is 1.15 bits per heavy atom. The minimum absolute atomic E-state index is 0.0895. The summed E-state index contributed by atoms with van der Waals surface area (Å²) in [4.78, 5) is 4.84. The van der Waals surface area contributed by atoms with Crippen molar-refractivity contribution in [1.82, 2.24) is 10.3 Å². The topological polar surface area (TPSA) is 43.4 Å². The van der Waals surface area contributed by atoms with Crippen LogP contribution in [0.5, 0.6) is 5.88 Å². The van der Waals surface area contributed by atoms with Crippen LogP contribution in [0.4, 0.5) is 0 Å². The fourth-order valence-corrected chi connectivity index (χ4v) is 5.14. The molecular weight excluding hydrogens is 324 g/mol. The molecule has 138 valence electrons. The standard InChI is InChI=1S/C22H28N2O2/c1-14-4-5-18-15(10-14)11-16-19-17(21(2,3)26-20(16)24-18)12-22(13-25-19)6-8-23-9-7-22/h4-5,10-11,17,19,23H,6-9,12-13H2,1-3H3/t17-,19+/m1/s1. The van der Waals surface area contributed by atoms with Crippen LogP contribution in [0.1, 0.15) is 50.3 Å². The van der Waals surface area contributed by atoms with E-state index in [1.165, 1.54) is 30.2 Å². The van der Waals surface area contributed by atoms with E-state index in [-0.39, 0.29) is 11.7 Å². The number of aryl methyl sites for hydroxylation is 1. The Balaban J connectivity index is 1.57. The Bertz CT molecular complexity index is 855. The Hall–Kier alpha value is -1.65. The van der Waals surface area contributed by atoms with Gasteiger partial charge in [0.05, 0.1) is 18.2 Å². The number of rotatable bonds is 0. The molecule has 2 saturated heterocycles. The third-order valence-corrected chi connectivity index (χ3v) is 6.77. The van der Waals surface area contributed by atoms with Crippen molar-refractivity contribution in [2.24, 2.45) is 11.3 Å². The average molecular weight is 352 g/mol. The normalized spacial score (nSPS) is 29.0. The first-order chi connectivity index (χ1) is 12.5. The van der Waals surface area contributed by atoms with Gasteiger partial charge in [-0.25, -0.2) is 4.98 Å². The third-order valence-electron chi connectivity index (χ3n) is 6.77. The molecule has 0 amide bonds. The summed E-state index contributed by atoms with van der Waals surface area (Å²) in [6.07, 6.45) is 3.67. The van der Waals surface area contributed by atoms with Crippen LogP contribution < -0.4 is 10.1 Å². The van der Waals surface area contributed by atoms with Gasteiger partial charge in [-0.1, -0.05) is 11.6 Å². The molecule has 3 aliphatic rings. The molecule has 1 aromatic heterocycles. The first kappa shape index (κ1) is 16.5. The van der Waals surface area contributed by atoms with Crippen molar-refractivity contribution in [2.75, 3.05) is 19.7 Å². The van der Waals surface area contributed by atoms with Gasteiger partial charge in [0.15, 0.2) is 0 Å². The maximum Gasteiger partial charge on any atom is 0.220 e. The van der Waals surface area contributed by atoms with Gasteiger partial charge in [0.2, 0.25) is 5.88 Å². The Morgan fingerprint density at radius 2 is 1.96 bits per heavy atom. The van der Waals surface area contributed by atoms with Gasteiger partial charge < -0.3 is 14.8 Å². The van der Waals surface area contributed by atoms with Gasteiger partial charge in [-0.3, -0.25) is 0 Å². The number of hydrogen-bond donors (Lipinski definition) is 1. The summed E-state index contributed by atoms with van der Waals surface area (Å²) in [5, 5.41) is 4.67. The van der Waals surface area contributed by atoms with Crippen LogP contribution in [0.15, 0.2) is 24.3 Å². The highest BCUT2D eigenvalue weighted by Gasteiger charge is 2.52. The molecule has 26 heavy (non-hydrogen) atoms. The maximum atomic E-state index is 6.57. The Labute approximate surface area is 155 Å². The summed E-state index contributed by atoms with van der Waals surface area (Å²) in [6, 6.07) is 8.64. The van der Waals surface area contributed by atoms with Crippen LogP contribution in [0.3, 0.4) is 0 Å². The van der Waals surface area contributed by atoms with Gasteiger partial charge in [-0.05, 0) is 76.7 Å². The molecule has 1 spiro atoms. The predicted octanol–water partition coefficient (Wildman–Crippen LogP) is 4.16. The van der Waals surface area contributed by atoms with Crippen LogP contribution >= 0.6 is 0 Å². The summed E-state index contributed by atoms with van der Waals surface area (Å²) in [6.45, 7) is 9.60. The molecule has 2 fully saturated rings. The minimum atomic E-state index is -0.263. The molecule has 0 aliphatic carbocycles. The van der Waals surface area contributed by atoms with Crippen molar-refractivity contribution < 1.29 is 9.47 Å². The van der Waals surface area contributed by atoms with Gasteiger partial charge in [0.1, 0.15) is 5.60 Å². The fourth-order valence-electron chi connectivity index (χ4n) is 5.14. The quantitative estimate of drug-likeness (QED) is 0.773. The predicted molar refractivity (Wildman–Crippen MR) is 103 cm³/mol. The van der Waals surface area contributed by atoms with Gasteiger partial charge in [-0.2, -0.15) is 0 Å². The number of ether oxygens (including phenoxy) is 2. The summed E-state index contributed by atoms with van der Waals surface area (Å²) < 4.78 is 13.0. The number of piperidine rings is 1. The lowest BCUT2D eigenvalue weighted by molar-refractivity contribution is -0.170. The van der Waals surface area contributed by atoms with E-state index in [0.717, 1.165) is 36.7 Å². The largest absolute Gasteiger partial charge is 0.471 e. The van der Waals surface area contributed by atoms with Gasteiger partial charge in [-0.15, -0.1) is 0 Å². The smallest absolute Gasteiger partial charge is 0.220 e. The second kappa shape index (κ2) is 5.67. The van der Waals surface area contributed by atoms with E-state index in [4.69, 9.17) is 14.5 Å². The van der Waals surface area contributed by atoms with Crippen LogP contribution in [-0.2, 0) is 4.74 Å². The van der Waals surface area contributed by atoms with E-state index in [1.54, 1.807) is 0 Å². The third kappa shape index (κ3) is 2.54. The van der Waals surface area contributed by atoms with E-state index >= 15 is 0 Å². The van der Waals surface area contributed by atoms with Crippen molar-refractivity contribution in [1.29, 1.82) is 0 Å². The zero-order valence-corrected chi connectivity index (χ0v) is 16.0. The first-order valence-corrected chi connectivity index (χ1v) is 9.89. The highest BCUT2D eigenvalue weighted by Crippen LogP contribution is 2.55. The lowest BCUT2D eigenvalue weighted by atomic mass is 9.65. The van der Waals surface area contributed by atoms with E-state index in [2.05, 4.69) is 50.4 Å². The summed E-state index contributed by atoms with van der Waals surface area (Å²) in [7, 11) is 0. The van der Waals surface area contributed by atoms with Crippen LogP contribution in [0.25, 0.3) is 10.9 Å². The number of nitrogens with one attached hydrogen (secondary N) is 1. The van der Waals surface area contributed by atoms with Gasteiger partial charge >= 0.3 is 0 Å². The van der Waals surface area contributed by atoms with Crippen LogP contribution in [0, 0.1) is 18.3 Å². The summed E-state index contributed by atoms with van der Waals surface area (Å²) in [5.74, 6) is 1.12. The van der Waals surface area contributed by atoms with Gasteiger partial charge in [0.25, 0.3) is 0 Å². The van der Waals surface area contributed by atoms with Crippen LogP contribution in [0.2, 0.25) is 0 Å². The number of benzene rings is 1. The number of pyridine rings is 1. The highest BCUT2D eigenvalue weighted by atomic mass is 16.5. The van der Waals surface area contributed by atoms with Crippen molar-refractivity contribution in [3.63, 3.8) is 0 Å². The number of aromatic nitrogens is 1. The second-order valence-corrected chi connectivity index (χ2v) is 9.08. The second-order valence-electron chi connectivity index (χ2n) is 9.08. The van der Waals surface area contributed by atoms with E-state index in [1.807, 2.05) is 0 Å². The molecule has 4 nitrogen and oxygen atoms in total. The van der Waals surface area contributed by atoms with Crippen LogP contribution in [-0.4, -0.2) is 30.3 Å². The summed E-state index contributed by atoms with van der Waals surface area (Å²) >= 11 is 0.